The van der Waals surface area contributed by atoms with Gasteiger partial charge in [-0.05, 0) is 134 Å². The predicted molar refractivity (Wildman–Crippen MR) is 155 cm³/mol. The lowest BCUT2D eigenvalue weighted by molar-refractivity contribution is 0.353. The van der Waals surface area contributed by atoms with E-state index in [4.69, 9.17) is 5.26 Å². The highest BCUT2D eigenvalue weighted by atomic mass is 19.2. The van der Waals surface area contributed by atoms with Crippen LogP contribution in [0.1, 0.15) is 115 Å². The molecule has 0 radical (unpaired) electrons. The maximum atomic E-state index is 15.8. The van der Waals surface area contributed by atoms with Crippen LogP contribution in [0.3, 0.4) is 0 Å². The first-order valence-electron chi connectivity index (χ1n) is 15.6. The van der Waals surface area contributed by atoms with Crippen LogP contribution in [0.4, 0.5) is 26.3 Å². The number of unbranched alkanes of at least 4 members (excludes halogenated alkanes) is 2. The first-order valence-corrected chi connectivity index (χ1v) is 15.6. The van der Waals surface area contributed by atoms with Crippen LogP contribution in [-0.2, 0) is 25.7 Å². The molecule has 0 amide bonds. The van der Waals surface area contributed by atoms with E-state index < -0.39 is 40.6 Å². The Labute approximate surface area is 249 Å². The van der Waals surface area contributed by atoms with Crippen LogP contribution in [-0.4, -0.2) is 0 Å². The zero-order valence-electron chi connectivity index (χ0n) is 24.5. The SMILES string of the molecule is CCCCCc1ccc(CCC2CCc3c(F)c(C4CCC(c5cc(F)c(C#N)c(F)c5)CC4)c(F)c(F)c3C2)c(F)c1. The molecule has 1 saturated carbocycles. The summed E-state index contributed by atoms with van der Waals surface area (Å²) in [6, 6.07) is 9.20. The standard InChI is InChI=1S/C36H37F6N/c1-2-3-4-5-21-6-9-24(30(37)17-21)10-7-22-8-15-27-28(16-22)35(41)36(42)33(34(27)40)25-13-11-23(12-14-25)26-18-31(38)29(20-43)32(39)19-26/h6,9,17-19,22-23,25H,2-5,7-8,10-16H2,1H3. The fraction of sp³-hybridized carbons (Fsp3) is 0.472. The molecule has 228 valence electrons. The normalized spacial score (nSPS) is 20.1. The third kappa shape index (κ3) is 6.64. The second-order valence-electron chi connectivity index (χ2n) is 12.4. The fourth-order valence-electron chi connectivity index (χ4n) is 7.13. The maximum absolute atomic E-state index is 15.8. The Morgan fingerprint density at radius 3 is 2.09 bits per heavy atom. The molecule has 0 heterocycles. The number of halogens is 6. The summed E-state index contributed by atoms with van der Waals surface area (Å²) in [5, 5.41) is 8.91. The van der Waals surface area contributed by atoms with Crippen LogP contribution in [0.25, 0.3) is 0 Å². The number of nitriles is 1. The van der Waals surface area contributed by atoms with Crippen LogP contribution in [0, 0.1) is 52.2 Å². The number of aryl methyl sites for hydroxylation is 2. The molecule has 5 rings (SSSR count). The lowest BCUT2D eigenvalue weighted by atomic mass is 9.73. The van der Waals surface area contributed by atoms with E-state index in [0.717, 1.165) is 43.4 Å². The van der Waals surface area contributed by atoms with E-state index in [1.165, 1.54) is 6.07 Å². The van der Waals surface area contributed by atoms with E-state index in [-0.39, 0.29) is 40.8 Å². The molecule has 1 nitrogen and oxygen atoms in total. The zero-order chi connectivity index (χ0) is 30.7. The van der Waals surface area contributed by atoms with Crippen molar-refractivity contribution in [1.29, 1.82) is 5.26 Å². The van der Waals surface area contributed by atoms with Crippen molar-refractivity contribution in [1.82, 2.24) is 0 Å². The molecule has 0 spiro atoms. The van der Waals surface area contributed by atoms with Crippen molar-refractivity contribution in [2.45, 2.75) is 102 Å². The number of hydrogen-bond donors (Lipinski definition) is 0. The van der Waals surface area contributed by atoms with Gasteiger partial charge in [-0.3, -0.25) is 0 Å². The molecule has 0 N–H and O–H groups in total. The van der Waals surface area contributed by atoms with Gasteiger partial charge in [0.15, 0.2) is 11.6 Å². The molecule has 1 atom stereocenters. The number of nitrogens with zero attached hydrogens (tertiary/aromatic N) is 1. The van der Waals surface area contributed by atoms with Crippen LogP contribution in [0.5, 0.6) is 0 Å². The number of fused-ring (bicyclic) bond motifs is 1. The summed E-state index contributed by atoms with van der Waals surface area (Å²) in [5.41, 5.74) is 1.50. The lowest BCUT2D eigenvalue weighted by Crippen LogP contribution is -2.23. The van der Waals surface area contributed by atoms with Crippen LogP contribution in [0.2, 0.25) is 0 Å². The van der Waals surface area contributed by atoms with E-state index >= 15 is 13.2 Å². The van der Waals surface area contributed by atoms with Crippen molar-refractivity contribution in [3.05, 3.63) is 104 Å². The lowest BCUT2D eigenvalue weighted by Gasteiger charge is -2.32. The minimum atomic E-state index is -1.14. The molecular weight excluding hydrogens is 560 g/mol. The third-order valence-corrected chi connectivity index (χ3v) is 9.65. The molecular formula is C36H37F6N. The van der Waals surface area contributed by atoms with E-state index in [0.29, 0.717) is 62.5 Å². The summed E-state index contributed by atoms with van der Waals surface area (Å²) in [6.07, 6.45) is 7.90. The highest BCUT2D eigenvalue weighted by Crippen LogP contribution is 2.45. The average Bonchev–Trinajstić information content (AvgIpc) is 3.00. The van der Waals surface area contributed by atoms with Crippen molar-refractivity contribution in [3.8, 4) is 6.07 Å². The van der Waals surface area contributed by atoms with Crippen LogP contribution in [0.15, 0.2) is 30.3 Å². The topological polar surface area (TPSA) is 23.8 Å². The number of benzene rings is 3. The molecule has 2 aliphatic carbocycles. The Morgan fingerprint density at radius 1 is 0.744 bits per heavy atom. The summed E-state index contributed by atoms with van der Waals surface area (Å²) in [7, 11) is 0. The third-order valence-electron chi connectivity index (χ3n) is 9.65. The predicted octanol–water partition coefficient (Wildman–Crippen LogP) is 10.3. The largest absolute Gasteiger partial charge is 0.207 e. The zero-order valence-corrected chi connectivity index (χ0v) is 24.5. The molecule has 0 aliphatic heterocycles. The molecule has 0 saturated heterocycles. The molecule has 7 heteroatoms. The van der Waals surface area contributed by atoms with Crippen LogP contribution >= 0.6 is 0 Å². The van der Waals surface area contributed by atoms with Crippen molar-refractivity contribution < 1.29 is 26.3 Å². The van der Waals surface area contributed by atoms with Gasteiger partial charge in [-0.1, -0.05) is 31.9 Å². The van der Waals surface area contributed by atoms with Gasteiger partial charge in [-0.25, -0.2) is 26.3 Å². The molecule has 1 fully saturated rings. The summed E-state index contributed by atoms with van der Waals surface area (Å²) in [4.78, 5) is 0. The first kappa shape index (κ1) is 31.2. The van der Waals surface area contributed by atoms with E-state index in [9.17, 15) is 13.2 Å². The van der Waals surface area contributed by atoms with Gasteiger partial charge in [-0.15, -0.1) is 0 Å². The number of rotatable bonds is 9. The first-order chi connectivity index (χ1) is 20.7. The van der Waals surface area contributed by atoms with Crippen molar-refractivity contribution >= 4 is 0 Å². The summed E-state index contributed by atoms with van der Waals surface area (Å²) in [6.45, 7) is 2.13. The minimum Gasteiger partial charge on any atom is -0.207 e. The summed E-state index contributed by atoms with van der Waals surface area (Å²) in [5.74, 6) is -5.63. The van der Waals surface area contributed by atoms with Gasteiger partial charge in [-0.2, -0.15) is 5.26 Å². The Balaban J connectivity index is 1.24. The van der Waals surface area contributed by atoms with Crippen molar-refractivity contribution in [2.75, 3.05) is 0 Å². The van der Waals surface area contributed by atoms with E-state index in [1.54, 1.807) is 6.07 Å². The Hall–Kier alpha value is -3.27. The Kier molecular flexibility index (Phi) is 9.84. The highest BCUT2D eigenvalue weighted by molar-refractivity contribution is 5.41. The molecule has 0 bridgehead atoms. The smallest absolute Gasteiger partial charge is 0.165 e. The molecule has 0 aromatic heterocycles. The van der Waals surface area contributed by atoms with E-state index in [2.05, 4.69) is 6.92 Å². The quantitative estimate of drug-likeness (QED) is 0.137. The average molecular weight is 598 g/mol. The molecule has 43 heavy (non-hydrogen) atoms. The van der Waals surface area contributed by atoms with Gasteiger partial charge in [0, 0.05) is 5.56 Å². The molecule has 2 aliphatic rings. The second kappa shape index (κ2) is 13.6. The van der Waals surface area contributed by atoms with Crippen molar-refractivity contribution in [2.24, 2.45) is 5.92 Å². The fourth-order valence-corrected chi connectivity index (χ4v) is 7.13. The number of hydrogen-bond acceptors (Lipinski definition) is 1. The van der Waals surface area contributed by atoms with E-state index in [1.807, 2.05) is 12.1 Å². The summed E-state index contributed by atoms with van der Waals surface area (Å²) < 4.78 is 89.7. The monoisotopic (exact) mass is 597 g/mol. The van der Waals surface area contributed by atoms with Crippen molar-refractivity contribution in [3.63, 3.8) is 0 Å². The van der Waals surface area contributed by atoms with Crippen LogP contribution < -0.4 is 0 Å². The van der Waals surface area contributed by atoms with Gasteiger partial charge < -0.3 is 0 Å². The van der Waals surface area contributed by atoms with Gasteiger partial charge in [0.2, 0.25) is 0 Å². The van der Waals surface area contributed by atoms with Gasteiger partial charge in [0.25, 0.3) is 0 Å². The van der Waals surface area contributed by atoms with Gasteiger partial charge in [0.1, 0.15) is 34.9 Å². The van der Waals surface area contributed by atoms with Gasteiger partial charge in [0.05, 0.1) is 0 Å². The Morgan fingerprint density at radius 2 is 1.44 bits per heavy atom. The Bertz CT molecular complexity index is 1490. The molecule has 3 aromatic rings. The summed E-state index contributed by atoms with van der Waals surface area (Å²) >= 11 is 0. The van der Waals surface area contributed by atoms with Gasteiger partial charge >= 0.3 is 0 Å². The highest BCUT2D eigenvalue weighted by Gasteiger charge is 2.35. The minimum absolute atomic E-state index is 0.000989. The maximum Gasteiger partial charge on any atom is 0.165 e. The molecule has 1 unspecified atom stereocenters. The molecule has 3 aromatic carbocycles. The second-order valence-corrected chi connectivity index (χ2v) is 12.4.